The molecule has 0 aliphatic heterocycles. The molecule has 0 unspecified atom stereocenters. The monoisotopic (exact) mass is 345 g/mol. The van der Waals surface area contributed by atoms with Gasteiger partial charge < -0.3 is 5.73 Å². The fraction of sp³-hybridized carbons (Fsp3) is 0.667. The van der Waals surface area contributed by atoms with Crippen LogP contribution in [0.1, 0.15) is 43.2 Å². The Kier molecular flexibility index (Phi) is 4.21. The van der Waals surface area contributed by atoms with Crippen LogP contribution in [0.5, 0.6) is 0 Å². The van der Waals surface area contributed by atoms with Crippen molar-refractivity contribution in [1.82, 2.24) is 0 Å². The molecule has 0 radical (unpaired) electrons. The van der Waals surface area contributed by atoms with Crippen molar-refractivity contribution < 1.29 is 13.2 Å². The van der Waals surface area contributed by atoms with E-state index in [1.165, 1.54) is 44.2 Å². The van der Waals surface area contributed by atoms with Gasteiger partial charge in [0.05, 0.1) is 5.56 Å². The molecule has 1 nitrogen and oxygen atoms in total. The third-order valence-electron chi connectivity index (χ3n) is 6.68. The molecular weight excluding hydrogens is 323 g/mol. The average Bonchev–Trinajstić information content (AvgIpc) is 2.47. The Hall–Kier alpha value is -0.740. The Balaban J connectivity index is 0.00000156. The van der Waals surface area contributed by atoms with Gasteiger partial charge in [-0.15, -0.1) is 12.4 Å². The molecule has 0 atom stereocenters. The second-order valence-electron chi connectivity index (χ2n) is 7.62. The molecule has 2 N–H and O–H groups in total. The van der Waals surface area contributed by atoms with E-state index in [9.17, 15) is 13.2 Å². The van der Waals surface area contributed by atoms with Crippen LogP contribution >= 0.6 is 12.4 Å². The third kappa shape index (κ3) is 2.49. The summed E-state index contributed by atoms with van der Waals surface area (Å²) in [5, 5.41) is 0. The van der Waals surface area contributed by atoms with Crippen LogP contribution in [-0.4, -0.2) is 6.54 Å². The fourth-order valence-corrected chi connectivity index (χ4v) is 5.92. The topological polar surface area (TPSA) is 26.0 Å². The summed E-state index contributed by atoms with van der Waals surface area (Å²) in [5.74, 6) is 2.78. The zero-order valence-electron chi connectivity index (χ0n) is 13.0. The SMILES string of the molecule is Cl.NCC1(c2ccc(C(F)(F)F)cc2)C2CC3CC(C2)CC1C3. The largest absolute Gasteiger partial charge is 0.416 e. The highest BCUT2D eigenvalue weighted by atomic mass is 35.5. The zero-order chi connectivity index (χ0) is 15.5. The number of rotatable bonds is 2. The Morgan fingerprint density at radius 3 is 1.78 bits per heavy atom. The molecule has 5 rings (SSSR count). The number of benzene rings is 1. The number of alkyl halides is 3. The molecule has 1 aromatic rings. The normalized spacial score (nSPS) is 38.4. The van der Waals surface area contributed by atoms with Crippen LogP contribution in [0.25, 0.3) is 0 Å². The first-order valence-electron chi connectivity index (χ1n) is 8.31. The molecule has 0 saturated heterocycles. The van der Waals surface area contributed by atoms with Gasteiger partial charge >= 0.3 is 6.18 Å². The lowest BCUT2D eigenvalue weighted by Gasteiger charge is -2.61. The Morgan fingerprint density at radius 2 is 1.39 bits per heavy atom. The van der Waals surface area contributed by atoms with Gasteiger partial charge in [-0.05, 0) is 73.5 Å². The van der Waals surface area contributed by atoms with E-state index in [0.717, 1.165) is 17.4 Å². The predicted molar refractivity (Wildman–Crippen MR) is 86.5 cm³/mol. The number of hydrogen-bond acceptors (Lipinski definition) is 1. The summed E-state index contributed by atoms with van der Waals surface area (Å²) in [6.07, 6.45) is 1.95. The quantitative estimate of drug-likeness (QED) is 0.820. The molecule has 23 heavy (non-hydrogen) atoms. The van der Waals surface area contributed by atoms with Crippen LogP contribution in [0.2, 0.25) is 0 Å². The number of nitrogens with two attached hydrogens (primary N) is 1. The van der Waals surface area contributed by atoms with Gasteiger partial charge in [0.25, 0.3) is 0 Å². The van der Waals surface area contributed by atoms with Crippen LogP contribution in [0.3, 0.4) is 0 Å². The van der Waals surface area contributed by atoms with Crippen molar-refractivity contribution in [2.24, 2.45) is 29.4 Å². The third-order valence-corrected chi connectivity index (χ3v) is 6.68. The lowest BCUT2D eigenvalue weighted by Crippen LogP contribution is -2.58. The summed E-state index contributed by atoms with van der Waals surface area (Å²) in [7, 11) is 0. The fourth-order valence-electron chi connectivity index (χ4n) is 5.92. The van der Waals surface area contributed by atoms with Crippen LogP contribution in [0.15, 0.2) is 24.3 Å². The maximum atomic E-state index is 12.8. The first-order chi connectivity index (χ1) is 10.4. The smallest absolute Gasteiger partial charge is 0.330 e. The van der Waals surface area contributed by atoms with Gasteiger partial charge in [0.15, 0.2) is 0 Å². The standard InChI is InChI=1S/C18H22F3N.ClH/c19-18(20,21)14-3-1-13(2-4-14)17(10-22)15-6-11-5-12(8-15)9-16(17)7-11;/h1-4,11-12,15-16H,5-10,22H2;1H. The molecular formula is C18H23ClF3N. The Bertz CT molecular complexity index is 539. The molecule has 5 heteroatoms. The maximum Gasteiger partial charge on any atom is 0.416 e. The highest BCUT2D eigenvalue weighted by Gasteiger charge is 2.57. The van der Waals surface area contributed by atoms with Gasteiger partial charge in [0, 0.05) is 12.0 Å². The highest BCUT2D eigenvalue weighted by molar-refractivity contribution is 5.85. The van der Waals surface area contributed by atoms with Gasteiger partial charge in [-0.2, -0.15) is 13.2 Å². The van der Waals surface area contributed by atoms with Gasteiger partial charge in [-0.1, -0.05) is 12.1 Å². The van der Waals surface area contributed by atoms with E-state index in [-0.39, 0.29) is 17.8 Å². The minimum Gasteiger partial charge on any atom is -0.330 e. The van der Waals surface area contributed by atoms with E-state index in [1.54, 1.807) is 12.1 Å². The molecule has 0 aromatic heterocycles. The minimum atomic E-state index is -4.27. The number of hydrogen-bond donors (Lipinski definition) is 1. The van der Waals surface area contributed by atoms with Crippen LogP contribution in [0.4, 0.5) is 13.2 Å². The van der Waals surface area contributed by atoms with Crippen molar-refractivity contribution in [2.45, 2.75) is 43.7 Å². The predicted octanol–water partition coefficient (Wildman–Crippen LogP) is 4.78. The van der Waals surface area contributed by atoms with E-state index in [1.807, 2.05) is 0 Å². The van der Waals surface area contributed by atoms with Crippen molar-refractivity contribution in [3.8, 4) is 0 Å². The highest BCUT2D eigenvalue weighted by Crippen LogP contribution is 2.62. The summed E-state index contributed by atoms with van der Waals surface area (Å²) in [4.78, 5) is 0. The molecule has 4 fully saturated rings. The van der Waals surface area contributed by atoms with Crippen molar-refractivity contribution in [3.05, 3.63) is 35.4 Å². The van der Waals surface area contributed by atoms with Crippen molar-refractivity contribution in [3.63, 3.8) is 0 Å². The van der Waals surface area contributed by atoms with E-state index in [2.05, 4.69) is 0 Å². The summed E-state index contributed by atoms with van der Waals surface area (Å²) in [6, 6.07) is 5.85. The molecule has 4 saturated carbocycles. The molecule has 4 aliphatic carbocycles. The lowest BCUT2D eigenvalue weighted by molar-refractivity contribution is -0.137. The Morgan fingerprint density at radius 1 is 0.913 bits per heavy atom. The van der Waals surface area contributed by atoms with Gasteiger partial charge in [0.1, 0.15) is 0 Å². The lowest BCUT2D eigenvalue weighted by atomic mass is 9.44. The average molecular weight is 346 g/mol. The minimum absolute atomic E-state index is 0. The van der Waals surface area contributed by atoms with Crippen molar-refractivity contribution in [1.29, 1.82) is 0 Å². The van der Waals surface area contributed by atoms with Crippen LogP contribution in [-0.2, 0) is 11.6 Å². The molecule has 0 heterocycles. The molecule has 4 aliphatic rings. The molecule has 0 spiro atoms. The molecule has 4 bridgehead atoms. The maximum absolute atomic E-state index is 12.8. The summed E-state index contributed by atoms with van der Waals surface area (Å²) in [6.45, 7) is 0.563. The van der Waals surface area contributed by atoms with Gasteiger partial charge in [-0.3, -0.25) is 0 Å². The summed E-state index contributed by atoms with van der Waals surface area (Å²) >= 11 is 0. The first-order valence-corrected chi connectivity index (χ1v) is 8.31. The van der Waals surface area contributed by atoms with Gasteiger partial charge in [0.2, 0.25) is 0 Å². The van der Waals surface area contributed by atoms with E-state index < -0.39 is 11.7 Å². The first kappa shape index (κ1) is 17.1. The van der Waals surface area contributed by atoms with E-state index >= 15 is 0 Å². The molecule has 0 amide bonds. The van der Waals surface area contributed by atoms with Gasteiger partial charge in [-0.25, -0.2) is 0 Å². The van der Waals surface area contributed by atoms with Crippen LogP contribution in [0, 0.1) is 23.7 Å². The van der Waals surface area contributed by atoms with Crippen LogP contribution < -0.4 is 5.73 Å². The van der Waals surface area contributed by atoms with E-state index in [4.69, 9.17) is 5.73 Å². The second kappa shape index (κ2) is 5.66. The zero-order valence-corrected chi connectivity index (χ0v) is 13.8. The van der Waals surface area contributed by atoms with E-state index in [0.29, 0.717) is 18.4 Å². The molecule has 128 valence electrons. The Labute approximate surface area is 141 Å². The molecule has 1 aromatic carbocycles. The van der Waals surface area contributed by atoms with Crippen molar-refractivity contribution >= 4 is 12.4 Å². The summed E-state index contributed by atoms with van der Waals surface area (Å²) < 4.78 is 38.4. The number of halogens is 4. The second-order valence-corrected chi connectivity index (χ2v) is 7.62. The van der Waals surface area contributed by atoms with Crippen molar-refractivity contribution in [2.75, 3.05) is 6.54 Å². The summed E-state index contributed by atoms with van der Waals surface area (Å²) in [5.41, 5.74) is 6.61.